The quantitative estimate of drug-likeness (QED) is 0.182. The fourth-order valence-electron chi connectivity index (χ4n) is 11.4. The van der Waals surface area contributed by atoms with E-state index in [1.807, 2.05) is 22.7 Å². The maximum atomic E-state index is 2.57. The van der Waals surface area contributed by atoms with E-state index >= 15 is 0 Å². The second kappa shape index (κ2) is 9.84. The zero-order chi connectivity index (χ0) is 31.8. The summed E-state index contributed by atoms with van der Waals surface area (Å²) < 4.78 is 5.38. The van der Waals surface area contributed by atoms with Crippen LogP contribution in [-0.4, -0.2) is 0 Å². The Bertz CT molecular complexity index is 2630. The van der Waals surface area contributed by atoms with E-state index in [-0.39, 0.29) is 5.41 Å². The summed E-state index contributed by atoms with van der Waals surface area (Å²) in [6.07, 6.45) is 7.15. The molecule has 5 aliphatic rings. The summed E-state index contributed by atoms with van der Waals surface area (Å²) in [5, 5.41) is 5.37. The molecule has 49 heavy (non-hydrogen) atoms. The Morgan fingerprint density at radius 3 is 1.78 bits per heavy atom. The topological polar surface area (TPSA) is 3.24 Å². The molecule has 0 unspecified atom stereocenters. The zero-order valence-electron chi connectivity index (χ0n) is 27.2. The van der Waals surface area contributed by atoms with Crippen LogP contribution in [0.4, 0.5) is 17.1 Å². The molecule has 0 aliphatic heterocycles. The summed E-state index contributed by atoms with van der Waals surface area (Å²) in [6.45, 7) is 0. The van der Waals surface area contributed by atoms with E-state index in [0.29, 0.717) is 0 Å². The second-order valence-electron chi connectivity index (χ2n) is 15.3. The monoisotopic (exact) mass is 665 g/mol. The van der Waals surface area contributed by atoms with Gasteiger partial charge in [0.1, 0.15) is 0 Å². The molecule has 1 spiro atoms. The molecule has 0 amide bonds. The number of fused-ring (bicyclic) bond motifs is 9. The Hall–Kier alpha value is -4.44. The van der Waals surface area contributed by atoms with Crippen LogP contribution in [0.1, 0.15) is 43.2 Å². The molecule has 2 aromatic heterocycles. The third kappa shape index (κ3) is 3.65. The molecule has 2 heterocycles. The highest BCUT2D eigenvalue weighted by molar-refractivity contribution is 7.26. The summed E-state index contributed by atoms with van der Waals surface area (Å²) in [5.41, 5.74) is 10.1. The van der Waals surface area contributed by atoms with Gasteiger partial charge in [0.15, 0.2) is 0 Å². The number of benzene rings is 6. The van der Waals surface area contributed by atoms with E-state index in [9.17, 15) is 0 Å². The summed E-state index contributed by atoms with van der Waals surface area (Å²) in [7, 11) is 0. The average molecular weight is 666 g/mol. The van der Waals surface area contributed by atoms with Crippen LogP contribution in [0, 0.1) is 23.7 Å². The minimum Gasteiger partial charge on any atom is -0.310 e. The molecule has 4 saturated carbocycles. The number of hydrogen-bond acceptors (Lipinski definition) is 3. The van der Waals surface area contributed by atoms with Gasteiger partial charge in [-0.3, -0.25) is 0 Å². The number of anilines is 3. The third-order valence-electron chi connectivity index (χ3n) is 13.0. The van der Waals surface area contributed by atoms with Gasteiger partial charge in [0.05, 0.1) is 0 Å². The van der Waals surface area contributed by atoms with Crippen molar-refractivity contribution in [3.05, 3.63) is 139 Å². The van der Waals surface area contributed by atoms with E-state index in [1.165, 1.54) is 101 Å². The van der Waals surface area contributed by atoms with Crippen molar-refractivity contribution in [1.82, 2.24) is 0 Å². The maximum Gasteiger partial charge on any atom is 0.0476 e. The van der Waals surface area contributed by atoms with Gasteiger partial charge in [0, 0.05) is 62.8 Å². The number of nitrogens with zero attached hydrogens (tertiary/aromatic N) is 1. The highest BCUT2D eigenvalue weighted by Crippen LogP contribution is 2.69. The lowest BCUT2D eigenvalue weighted by atomic mass is 9.43. The van der Waals surface area contributed by atoms with Gasteiger partial charge in [-0.05, 0) is 133 Å². The molecule has 0 saturated heterocycles. The predicted octanol–water partition coefficient (Wildman–Crippen LogP) is 13.6. The highest BCUT2D eigenvalue weighted by Gasteiger charge is 2.61. The molecular weight excluding hydrogens is 631 g/mol. The first-order valence-electron chi connectivity index (χ1n) is 18.1. The van der Waals surface area contributed by atoms with Crippen LogP contribution in [0.15, 0.2) is 127 Å². The Kier molecular flexibility index (Phi) is 5.50. The number of hydrogen-bond donors (Lipinski definition) is 0. The van der Waals surface area contributed by atoms with Gasteiger partial charge in [-0.1, -0.05) is 72.8 Å². The van der Waals surface area contributed by atoms with Gasteiger partial charge >= 0.3 is 0 Å². The summed E-state index contributed by atoms with van der Waals surface area (Å²) in [6, 6.07) is 49.0. The largest absolute Gasteiger partial charge is 0.310 e. The summed E-state index contributed by atoms with van der Waals surface area (Å²) in [5.74, 6) is 3.45. The van der Waals surface area contributed by atoms with Crippen LogP contribution < -0.4 is 4.90 Å². The molecule has 4 bridgehead atoms. The molecule has 13 rings (SSSR count). The van der Waals surface area contributed by atoms with E-state index in [2.05, 4.69) is 132 Å². The van der Waals surface area contributed by atoms with Crippen LogP contribution in [-0.2, 0) is 5.41 Å². The maximum absolute atomic E-state index is 2.57. The van der Waals surface area contributed by atoms with Gasteiger partial charge in [-0.2, -0.15) is 0 Å². The lowest BCUT2D eigenvalue weighted by molar-refractivity contribution is -0.0399. The van der Waals surface area contributed by atoms with Crippen LogP contribution in [0.5, 0.6) is 0 Å². The average Bonchev–Trinajstić information content (AvgIpc) is 3.78. The highest BCUT2D eigenvalue weighted by atomic mass is 32.1. The van der Waals surface area contributed by atoms with Crippen molar-refractivity contribution in [3.8, 4) is 11.1 Å². The van der Waals surface area contributed by atoms with E-state index in [4.69, 9.17) is 0 Å². The summed E-state index contributed by atoms with van der Waals surface area (Å²) in [4.78, 5) is 2.53. The van der Waals surface area contributed by atoms with Gasteiger partial charge in [-0.15, -0.1) is 22.7 Å². The molecular formula is C46H35NS2. The molecule has 3 heteroatoms. The lowest BCUT2D eigenvalue weighted by Crippen LogP contribution is -2.55. The van der Waals surface area contributed by atoms with Gasteiger partial charge < -0.3 is 4.90 Å². The third-order valence-corrected chi connectivity index (χ3v) is 15.3. The molecule has 236 valence electrons. The first-order chi connectivity index (χ1) is 24.2. The van der Waals surface area contributed by atoms with Crippen molar-refractivity contribution in [1.29, 1.82) is 0 Å². The molecule has 0 N–H and O–H groups in total. The Morgan fingerprint density at radius 2 is 0.980 bits per heavy atom. The minimum atomic E-state index is 0.188. The number of rotatable bonds is 3. The van der Waals surface area contributed by atoms with Gasteiger partial charge in [-0.25, -0.2) is 0 Å². The predicted molar refractivity (Wildman–Crippen MR) is 210 cm³/mol. The fraction of sp³-hybridized carbons (Fsp3) is 0.217. The number of thiophene rings is 2. The molecule has 0 radical (unpaired) electrons. The minimum absolute atomic E-state index is 0.188. The SMILES string of the molecule is c1ccc2c(c1)-c1cc(N(c3ccc4c(c3)sc3ccccc34)c3ccc4sc5ccccc5c4c3)ccc1C21C2CC3CC(C2)CC1C3. The molecule has 8 aromatic rings. The molecule has 0 atom stereocenters. The van der Waals surface area contributed by atoms with Crippen LogP contribution >= 0.6 is 22.7 Å². The normalized spacial score (nSPS) is 24.8. The van der Waals surface area contributed by atoms with Crippen molar-refractivity contribution >= 4 is 80.1 Å². The van der Waals surface area contributed by atoms with Crippen LogP contribution in [0.25, 0.3) is 51.5 Å². The van der Waals surface area contributed by atoms with E-state index in [0.717, 1.165) is 23.7 Å². The summed E-state index contributed by atoms with van der Waals surface area (Å²) >= 11 is 3.80. The van der Waals surface area contributed by atoms with Crippen molar-refractivity contribution in [2.24, 2.45) is 23.7 Å². The molecule has 4 fully saturated rings. The molecule has 5 aliphatic carbocycles. The van der Waals surface area contributed by atoms with Crippen molar-refractivity contribution in [2.45, 2.75) is 37.5 Å². The lowest BCUT2D eigenvalue weighted by Gasteiger charge is -2.61. The standard InChI is InChI=1S/C46H35NS2/c1-4-10-40-34(7-1)38-24-31(14-17-41(38)46(40)29-20-27-19-28(22-29)23-30(46)21-27)47(32-15-18-44-39(25-32)36-9-3-6-12-43(36)48-44)33-13-16-37-35-8-2-5-11-42(35)49-45(37)26-33/h1-18,24-30H,19-23H2. The second-order valence-corrected chi connectivity index (χ2v) is 17.5. The Labute approximate surface area is 294 Å². The smallest absolute Gasteiger partial charge is 0.0476 e. The van der Waals surface area contributed by atoms with Crippen LogP contribution in [0.2, 0.25) is 0 Å². The first-order valence-corrected chi connectivity index (χ1v) is 19.7. The molecule has 6 aromatic carbocycles. The van der Waals surface area contributed by atoms with Crippen LogP contribution in [0.3, 0.4) is 0 Å². The Morgan fingerprint density at radius 1 is 0.429 bits per heavy atom. The van der Waals surface area contributed by atoms with Crippen molar-refractivity contribution in [2.75, 3.05) is 4.90 Å². The fourth-order valence-corrected chi connectivity index (χ4v) is 13.7. The van der Waals surface area contributed by atoms with E-state index < -0.39 is 0 Å². The molecule has 1 nitrogen and oxygen atoms in total. The zero-order valence-corrected chi connectivity index (χ0v) is 28.9. The van der Waals surface area contributed by atoms with Gasteiger partial charge in [0.2, 0.25) is 0 Å². The van der Waals surface area contributed by atoms with Crippen molar-refractivity contribution in [3.63, 3.8) is 0 Å². The van der Waals surface area contributed by atoms with E-state index in [1.54, 1.807) is 11.1 Å². The van der Waals surface area contributed by atoms with Gasteiger partial charge in [0.25, 0.3) is 0 Å². The Balaban J connectivity index is 1.09. The first kappa shape index (κ1) is 27.4. The van der Waals surface area contributed by atoms with Crippen molar-refractivity contribution < 1.29 is 0 Å².